The third kappa shape index (κ3) is 5.67. The van der Waals surface area contributed by atoms with E-state index in [-0.39, 0.29) is 17.9 Å². The van der Waals surface area contributed by atoms with Crippen molar-refractivity contribution in [1.82, 2.24) is 15.1 Å². The first-order valence-corrected chi connectivity index (χ1v) is 10.6. The first-order valence-electron chi connectivity index (χ1n) is 8.83. The number of anilines is 1. The van der Waals surface area contributed by atoms with Gasteiger partial charge < -0.3 is 9.64 Å². The molecule has 0 unspecified atom stereocenters. The second-order valence-electron chi connectivity index (χ2n) is 6.39. The van der Waals surface area contributed by atoms with E-state index >= 15 is 0 Å². The van der Waals surface area contributed by atoms with Crippen LogP contribution in [0.25, 0.3) is 0 Å². The minimum atomic E-state index is -0.257. The van der Waals surface area contributed by atoms with E-state index in [1.165, 1.54) is 23.1 Å². The van der Waals surface area contributed by atoms with Crippen LogP contribution in [0.15, 0.2) is 28.6 Å². The summed E-state index contributed by atoms with van der Waals surface area (Å²) in [6.45, 7) is 5.59. The Morgan fingerprint density at radius 1 is 1.22 bits per heavy atom. The van der Waals surface area contributed by atoms with E-state index in [2.05, 4.69) is 15.5 Å². The zero-order chi connectivity index (χ0) is 19.2. The average Bonchev–Trinajstić information content (AvgIpc) is 3.32. The van der Waals surface area contributed by atoms with Gasteiger partial charge in [0.15, 0.2) is 4.34 Å². The number of aromatic nitrogens is 2. The molecule has 9 heteroatoms. The van der Waals surface area contributed by atoms with Gasteiger partial charge in [0, 0.05) is 18.7 Å². The molecule has 1 N–H and O–H groups in total. The zero-order valence-electron chi connectivity index (χ0n) is 15.3. The highest BCUT2D eigenvalue weighted by Crippen LogP contribution is 2.26. The van der Waals surface area contributed by atoms with Crippen LogP contribution in [0, 0.1) is 0 Å². The first-order chi connectivity index (χ1) is 13.0. The molecule has 1 fully saturated rings. The van der Waals surface area contributed by atoms with Crippen LogP contribution < -0.4 is 10.1 Å². The number of hydrogen-bond acceptors (Lipinski definition) is 7. The summed E-state index contributed by atoms with van der Waals surface area (Å²) in [5.74, 6) is 0.938. The number of carbonyl (C=O) groups excluding carboxylic acids is 2. The molecule has 7 nitrogen and oxygen atoms in total. The van der Waals surface area contributed by atoms with Gasteiger partial charge in [-0.3, -0.25) is 14.9 Å². The van der Waals surface area contributed by atoms with Crippen LogP contribution >= 0.6 is 23.1 Å². The molecule has 2 aromatic rings. The largest absolute Gasteiger partial charge is 0.491 e. The lowest BCUT2D eigenvalue weighted by Gasteiger charge is -2.13. The third-order valence-corrected chi connectivity index (χ3v) is 5.85. The summed E-state index contributed by atoms with van der Waals surface area (Å²) in [5.41, 5.74) is 0.514. The average molecular weight is 407 g/mol. The Kier molecular flexibility index (Phi) is 6.68. The Morgan fingerprint density at radius 3 is 2.59 bits per heavy atom. The predicted octanol–water partition coefficient (Wildman–Crippen LogP) is 3.29. The number of nitrogens with zero attached hydrogens (tertiary/aromatic N) is 3. The van der Waals surface area contributed by atoms with Crippen molar-refractivity contribution in [3.05, 3.63) is 29.8 Å². The topological polar surface area (TPSA) is 84.4 Å². The summed E-state index contributed by atoms with van der Waals surface area (Å²) < 4.78 is 6.23. The van der Waals surface area contributed by atoms with Crippen LogP contribution in [-0.4, -0.2) is 51.9 Å². The molecule has 0 spiro atoms. The van der Waals surface area contributed by atoms with E-state index < -0.39 is 0 Å². The summed E-state index contributed by atoms with van der Waals surface area (Å²) in [6.07, 6.45) is 2.24. The van der Waals surface area contributed by atoms with Crippen LogP contribution in [-0.2, 0) is 4.79 Å². The zero-order valence-corrected chi connectivity index (χ0v) is 16.9. The van der Waals surface area contributed by atoms with Gasteiger partial charge in [-0.25, -0.2) is 0 Å². The summed E-state index contributed by atoms with van der Waals surface area (Å²) in [5, 5.41) is 11.2. The maximum absolute atomic E-state index is 12.3. The quantitative estimate of drug-likeness (QED) is 0.561. The van der Waals surface area contributed by atoms with Crippen LogP contribution in [0.2, 0.25) is 0 Å². The molecule has 2 amide bonds. The van der Waals surface area contributed by atoms with Gasteiger partial charge in [-0.2, -0.15) is 0 Å². The van der Waals surface area contributed by atoms with E-state index in [0.717, 1.165) is 31.7 Å². The molecule has 144 valence electrons. The molecule has 1 aliphatic rings. The fraction of sp³-hybridized carbons (Fsp3) is 0.444. The standard InChI is InChI=1S/C18H22N4O3S2/c1-12(2)25-14-7-5-13(6-8-14)16(24)19-17-20-21-18(27-17)26-11-15(23)22-9-3-4-10-22/h5-8,12H,3-4,9-11H2,1-2H3,(H,19,20,24). The number of ether oxygens (including phenoxy) is 1. The van der Waals surface area contributed by atoms with Crippen molar-refractivity contribution >= 4 is 40.0 Å². The van der Waals surface area contributed by atoms with E-state index in [0.29, 0.717) is 20.8 Å². The molecule has 27 heavy (non-hydrogen) atoms. The Morgan fingerprint density at radius 2 is 1.93 bits per heavy atom. The van der Waals surface area contributed by atoms with Crippen LogP contribution in [0.4, 0.5) is 5.13 Å². The number of rotatable bonds is 7. The fourth-order valence-corrected chi connectivity index (χ4v) is 4.28. The van der Waals surface area contributed by atoms with Crippen molar-refractivity contribution in [3.63, 3.8) is 0 Å². The summed E-state index contributed by atoms with van der Waals surface area (Å²) >= 11 is 2.62. The lowest BCUT2D eigenvalue weighted by molar-refractivity contribution is -0.127. The number of hydrogen-bond donors (Lipinski definition) is 1. The van der Waals surface area contributed by atoms with E-state index in [9.17, 15) is 9.59 Å². The number of thioether (sulfide) groups is 1. The molecule has 1 aromatic carbocycles. The van der Waals surface area contributed by atoms with Crippen LogP contribution in [0.5, 0.6) is 5.75 Å². The maximum atomic E-state index is 12.3. The predicted molar refractivity (Wildman–Crippen MR) is 107 cm³/mol. The molecule has 0 aliphatic carbocycles. The van der Waals surface area contributed by atoms with Gasteiger partial charge in [0.05, 0.1) is 11.9 Å². The van der Waals surface area contributed by atoms with Gasteiger partial charge in [-0.05, 0) is 51.0 Å². The highest BCUT2D eigenvalue weighted by atomic mass is 32.2. The van der Waals surface area contributed by atoms with Crippen LogP contribution in [0.1, 0.15) is 37.0 Å². The van der Waals surface area contributed by atoms with E-state index in [1.807, 2.05) is 18.7 Å². The third-order valence-electron chi connectivity index (χ3n) is 3.89. The molecule has 0 saturated carbocycles. The molecular weight excluding hydrogens is 384 g/mol. The number of amides is 2. The molecule has 0 radical (unpaired) electrons. The molecule has 1 aliphatic heterocycles. The SMILES string of the molecule is CC(C)Oc1ccc(C(=O)Nc2nnc(SCC(=O)N3CCCC3)s2)cc1. The van der Waals surface area contributed by atoms with Gasteiger partial charge in [-0.15, -0.1) is 10.2 Å². The van der Waals surface area contributed by atoms with Crippen molar-refractivity contribution in [1.29, 1.82) is 0 Å². The van der Waals surface area contributed by atoms with Crippen molar-refractivity contribution in [2.45, 2.75) is 37.1 Å². The Balaban J connectivity index is 1.50. The number of nitrogens with one attached hydrogen (secondary N) is 1. The first kappa shape index (κ1) is 19.6. The molecule has 0 bridgehead atoms. The minimum absolute atomic E-state index is 0.0827. The molecular formula is C18H22N4O3S2. The van der Waals surface area contributed by atoms with Crippen molar-refractivity contribution < 1.29 is 14.3 Å². The monoisotopic (exact) mass is 406 g/mol. The van der Waals surface area contributed by atoms with Gasteiger partial charge >= 0.3 is 0 Å². The normalized spacial score (nSPS) is 13.8. The van der Waals surface area contributed by atoms with Gasteiger partial charge in [0.2, 0.25) is 11.0 Å². The molecule has 1 saturated heterocycles. The lowest BCUT2D eigenvalue weighted by atomic mass is 10.2. The molecule has 3 rings (SSSR count). The fourth-order valence-electron chi connectivity index (χ4n) is 2.63. The van der Waals surface area contributed by atoms with Crippen LogP contribution in [0.3, 0.4) is 0 Å². The molecule has 1 aromatic heterocycles. The van der Waals surface area contributed by atoms with Crippen molar-refractivity contribution in [3.8, 4) is 5.75 Å². The highest BCUT2D eigenvalue weighted by molar-refractivity contribution is 8.01. The highest BCUT2D eigenvalue weighted by Gasteiger charge is 2.19. The molecule has 0 atom stereocenters. The van der Waals surface area contributed by atoms with E-state index in [4.69, 9.17) is 4.74 Å². The number of carbonyl (C=O) groups is 2. The van der Waals surface area contributed by atoms with Gasteiger partial charge in [0.25, 0.3) is 5.91 Å². The maximum Gasteiger partial charge on any atom is 0.257 e. The summed E-state index contributed by atoms with van der Waals surface area (Å²) in [6, 6.07) is 6.94. The molecule has 2 heterocycles. The second kappa shape index (κ2) is 9.18. The van der Waals surface area contributed by atoms with Crippen molar-refractivity contribution in [2.24, 2.45) is 0 Å². The summed E-state index contributed by atoms with van der Waals surface area (Å²) in [4.78, 5) is 26.3. The van der Waals surface area contributed by atoms with Gasteiger partial charge in [0.1, 0.15) is 5.75 Å². The lowest BCUT2D eigenvalue weighted by Crippen LogP contribution is -2.29. The smallest absolute Gasteiger partial charge is 0.257 e. The summed E-state index contributed by atoms with van der Waals surface area (Å²) in [7, 11) is 0. The second-order valence-corrected chi connectivity index (χ2v) is 8.59. The van der Waals surface area contributed by atoms with E-state index in [1.54, 1.807) is 24.3 Å². The number of benzene rings is 1. The Labute approximate surface area is 166 Å². The van der Waals surface area contributed by atoms with Gasteiger partial charge in [-0.1, -0.05) is 23.1 Å². The Bertz CT molecular complexity index is 786. The Hall–Kier alpha value is -2.13. The number of likely N-dealkylation sites (tertiary alicyclic amines) is 1. The minimum Gasteiger partial charge on any atom is -0.491 e. The van der Waals surface area contributed by atoms with Crippen molar-refractivity contribution in [2.75, 3.05) is 24.2 Å².